The third-order valence-corrected chi connectivity index (χ3v) is 3.13. The van der Waals surface area contributed by atoms with Gasteiger partial charge in [-0.1, -0.05) is 0 Å². The number of carbonyl (C=O) groups is 1. The normalized spacial score (nSPS) is 22.9. The summed E-state index contributed by atoms with van der Waals surface area (Å²) in [6, 6.07) is 4.97. The summed E-state index contributed by atoms with van der Waals surface area (Å²) in [6.07, 6.45) is 1.54. The number of rotatable bonds is 4. The minimum absolute atomic E-state index is 0.142. The first-order valence-corrected chi connectivity index (χ1v) is 5.67. The van der Waals surface area contributed by atoms with Crippen molar-refractivity contribution in [2.24, 2.45) is 11.7 Å². The van der Waals surface area contributed by atoms with Crippen LogP contribution < -0.4 is 16.8 Å². The van der Waals surface area contributed by atoms with Gasteiger partial charge in [-0.3, -0.25) is 4.79 Å². The van der Waals surface area contributed by atoms with E-state index in [1.54, 1.807) is 18.2 Å². The highest BCUT2D eigenvalue weighted by molar-refractivity contribution is 5.94. The van der Waals surface area contributed by atoms with Crippen molar-refractivity contribution < 1.29 is 9.90 Å². The van der Waals surface area contributed by atoms with E-state index >= 15 is 0 Å². The highest BCUT2D eigenvalue weighted by atomic mass is 16.3. The summed E-state index contributed by atoms with van der Waals surface area (Å²) in [4.78, 5) is 10.9. The van der Waals surface area contributed by atoms with Crippen LogP contribution in [0.5, 0.6) is 0 Å². The smallest absolute Gasteiger partial charge is 0.248 e. The number of amides is 1. The lowest BCUT2D eigenvalue weighted by atomic mass is 9.82. The van der Waals surface area contributed by atoms with E-state index in [1.165, 1.54) is 0 Å². The fourth-order valence-electron chi connectivity index (χ4n) is 2.00. The van der Waals surface area contributed by atoms with Gasteiger partial charge >= 0.3 is 0 Å². The van der Waals surface area contributed by atoms with Crippen LogP contribution in [0, 0.1) is 5.92 Å². The summed E-state index contributed by atoms with van der Waals surface area (Å²) in [7, 11) is 0. The topological polar surface area (TPSA) is 101 Å². The van der Waals surface area contributed by atoms with Crippen molar-refractivity contribution in [3.8, 4) is 0 Å². The second kappa shape index (κ2) is 4.63. The fourth-order valence-corrected chi connectivity index (χ4v) is 2.00. The SMILES string of the molecule is NC(=O)c1ccc(NCC2CC(O)C2)c(N)c1. The number of anilines is 2. The van der Waals surface area contributed by atoms with Gasteiger partial charge < -0.3 is 21.9 Å². The van der Waals surface area contributed by atoms with Crippen LogP contribution in [-0.4, -0.2) is 23.7 Å². The highest BCUT2D eigenvalue weighted by Crippen LogP contribution is 2.28. The largest absolute Gasteiger partial charge is 0.397 e. The van der Waals surface area contributed by atoms with E-state index < -0.39 is 5.91 Å². The number of carbonyl (C=O) groups excluding carboxylic acids is 1. The molecule has 0 spiro atoms. The molecule has 0 unspecified atom stereocenters. The van der Waals surface area contributed by atoms with Crippen LogP contribution in [0.4, 0.5) is 11.4 Å². The zero-order valence-corrected chi connectivity index (χ0v) is 9.52. The maximum atomic E-state index is 10.9. The fraction of sp³-hybridized carbons (Fsp3) is 0.417. The molecule has 1 aliphatic carbocycles. The van der Waals surface area contributed by atoms with Gasteiger partial charge in [0.05, 0.1) is 17.5 Å². The molecule has 0 bridgehead atoms. The molecule has 0 saturated heterocycles. The van der Waals surface area contributed by atoms with Crippen molar-refractivity contribution in [2.45, 2.75) is 18.9 Å². The molecule has 1 aliphatic rings. The zero-order valence-electron chi connectivity index (χ0n) is 9.52. The number of primary amides is 1. The number of hydrogen-bond donors (Lipinski definition) is 4. The maximum absolute atomic E-state index is 10.9. The molecule has 5 nitrogen and oxygen atoms in total. The minimum Gasteiger partial charge on any atom is -0.397 e. The van der Waals surface area contributed by atoms with Crippen molar-refractivity contribution >= 4 is 17.3 Å². The van der Waals surface area contributed by atoms with Crippen LogP contribution in [0.25, 0.3) is 0 Å². The van der Waals surface area contributed by atoms with Crippen molar-refractivity contribution in [2.75, 3.05) is 17.6 Å². The number of benzene rings is 1. The average Bonchev–Trinajstić information content (AvgIpc) is 2.24. The van der Waals surface area contributed by atoms with E-state index in [-0.39, 0.29) is 6.10 Å². The van der Waals surface area contributed by atoms with Crippen molar-refractivity contribution in [1.29, 1.82) is 0 Å². The maximum Gasteiger partial charge on any atom is 0.248 e. The molecule has 5 heteroatoms. The van der Waals surface area contributed by atoms with Crippen LogP contribution in [0.1, 0.15) is 23.2 Å². The first-order valence-electron chi connectivity index (χ1n) is 5.67. The Balaban J connectivity index is 1.94. The van der Waals surface area contributed by atoms with Gasteiger partial charge in [0.2, 0.25) is 5.91 Å². The monoisotopic (exact) mass is 235 g/mol. The quantitative estimate of drug-likeness (QED) is 0.572. The van der Waals surface area contributed by atoms with E-state index in [9.17, 15) is 4.79 Å². The molecular formula is C12H17N3O2. The van der Waals surface area contributed by atoms with E-state index in [4.69, 9.17) is 16.6 Å². The Kier molecular flexibility index (Phi) is 3.19. The van der Waals surface area contributed by atoms with Gasteiger partial charge in [-0.2, -0.15) is 0 Å². The molecule has 0 heterocycles. The summed E-state index contributed by atoms with van der Waals surface area (Å²) in [5.41, 5.74) is 12.7. The second-order valence-corrected chi connectivity index (χ2v) is 4.54. The highest BCUT2D eigenvalue weighted by Gasteiger charge is 2.26. The molecule has 1 aromatic carbocycles. The predicted octanol–water partition coefficient (Wildman–Crippen LogP) is 0.550. The summed E-state index contributed by atoms with van der Waals surface area (Å²) < 4.78 is 0. The molecule has 0 aliphatic heterocycles. The molecule has 0 atom stereocenters. The Hall–Kier alpha value is -1.75. The molecule has 1 amide bonds. The number of nitrogens with one attached hydrogen (secondary N) is 1. The first-order chi connectivity index (χ1) is 8.06. The second-order valence-electron chi connectivity index (χ2n) is 4.54. The summed E-state index contributed by atoms with van der Waals surface area (Å²) in [6.45, 7) is 0.789. The summed E-state index contributed by atoms with van der Waals surface area (Å²) in [5, 5.41) is 12.4. The Morgan fingerprint density at radius 2 is 2.18 bits per heavy atom. The van der Waals surface area contributed by atoms with E-state index in [0.29, 0.717) is 17.2 Å². The number of hydrogen-bond acceptors (Lipinski definition) is 4. The molecule has 2 rings (SSSR count). The third-order valence-electron chi connectivity index (χ3n) is 3.13. The standard InChI is InChI=1S/C12H17N3O2/c13-10-5-8(12(14)17)1-2-11(10)15-6-7-3-9(16)4-7/h1-2,5,7,9,15-16H,3-4,6,13H2,(H2,14,17). The van der Waals surface area contributed by atoms with Crippen molar-refractivity contribution in [1.82, 2.24) is 0 Å². The van der Waals surface area contributed by atoms with E-state index in [1.807, 2.05) is 0 Å². The molecule has 6 N–H and O–H groups in total. The van der Waals surface area contributed by atoms with Crippen molar-refractivity contribution in [3.63, 3.8) is 0 Å². The Morgan fingerprint density at radius 3 is 2.71 bits per heavy atom. The molecule has 1 saturated carbocycles. The molecule has 1 aromatic rings. The van der Waals surface area contributed by atoms with Crippen molar-refractivity contribution in [3.05, 3.63) is 23.8 Å². The summed E-state index contributed by atoms with van der Waals surface area (Å²) in [5.74, 6) is 0.0191. The molecule has 17 heavy (non-hydrogen) atoms. The Bertz CT molecular complexity index is 428. The molecule has 0 aromatic heterocycles. The molecule has 92 valence electrons. The Labute approximate surface area is 99.8 Å². The van der Waals surface area contributed by atoms with Crippen LogP contribution in [0.2, 0.25) is 0 Å². The minimum atomic E-state index is -0.481. The van der Waals surface area contributed by atoms with E-state index in [2.05, 4.69) is 5.32 Å². The molecule has 0 radical (unpaired) electrons. The first kappa shape index (κ1) is 11.7. The third kappa shape index (κ3) is 2.68. The number of nitrogens with two attached hydrogens (primary N) is 2. The van der Waals surface area contributed by atoms with Gasteiger partial charge in [0.25, 0.3) is 0 Å². The lowest BCUT2D eigenvalue weighted by Crippen LogP contribution is -2.33. The molecule has 1 fully saturated rings. The van der Waals surface area contributed by atoms with Gasteiger partial charge in [-0.25, -0.2) is 0 Å². The Morgan fingerprint density at radius 1 is 1.47 bits per heavy atom. The molecular weight excluding hydrogens is 218 g/mol. The van der Waals surface area contributed by atoms with Crippen LogP contribution in [-0.2, 0) is 0 Å². The van der Waals surface area contributed by atoms with E-state index in [0.717, 1.165) is 25.1 Å². The van der Waals surface area contributed by atoms with Gasteiger partial charge in [-0.15, -0.1) is 0 Å². The lowest BCUT2D eigenvalue weighted by molar-refractivity contribution is 0.0487. The van der Waals surface area contributed by atoms with Crippen LogP contribution in [0.15, 0.2) is 18.2 Å². The lowest BCUT2D eigenvalue weighted by Gasteiger charge is -2.31. The van der Waals surface area contributed by atoms with Gasteiger partial charge in [-0.05, 0) is 37.0 Å². The van der Waals surface area contributed by atoms with Gasteiger partial charge in [0, 0.05) is 12.1 Å². The van der Waals surface area contributed by atoms with Gasteiger partial charge in [0.1, 0.15) is 0 Å². The number of aliphatic hydroxyl groups excluding tert-OH is 1. The van der Waals surface area contributed by atoms with Crippen LogP contribution >= 0.6 is 0 Å². The van der Waals surface area contributed by atoms with Crippen LogP contribution in [0.3, 0.4) is 0 Å². The average molecular weight is 235 g/mol. The predicted molar refractivity (Wildman–Crippen MR) is 66.6 cm³/mol. The summed E-state index contributed by atoms with van der Waals surface area (Å²) >= 11 is 0. The number of nitrogen functional groups attached to an aromatic ring is 1. The number of aliphatic hydroxyl groups is 1. The van der Waals surface area contributed by atoms with Gasteiger partial charge in [0.15, 0.2) is 0 Å². The zero-order chi connectivity index (χ0) is 12.4.